The summed E-state index contributed by atoms with van der Waals surface area (Å²) in [5.74, 6) is 6.31. The molecule has 8 heteroatoms. The highest BCUT2D eigenvalue weighted by molar-refractivity contribution is 5.81. The zero-order valence-corrected chi connectivity index (χ0v) is 39.2. The van der Waals surface area contributed by atoms with Crippen molar-refractivity contribution < 1.29 is 38.7 Å². The summed E-state index contributed by atoms with van der Waals surface area (Å²) in [7, 11) is 0. The Bertz CT molecular complexity index is 1960. The predicted octanol–water partition coefficient (Wildman–Crippen LogP) is 12.8. The largest absolute Gasteiger partial charge is 0.493 e. The number of hydrogen-bond donors (Lipinski definition) is 2. The highest BCUT2D eigenvalue weighted by Gasteiger charge is 2.24. The van der Waals surface area contributed by atoms with Gasteiger partial charge in [-0.15, -0.1) is 0 Å². The Morgan fingerprint density at radius 3 is 1.31 bits per heavy atom. The van der Waals surface area contributed by atoms with Crippen LogP contribution >= 0.6 is 0 Å². The van der Waals surface area contributed by atoms with Crippen molar-refractivity contribution in [3.05, 3.63) is 119 Å². The number of Topliss-reactive ketones (excluding diaryl/α,β-unsaturated/α-hetero) is 2. The van der Waals surface area contributed by atoms with Gasteiger partial charge in [-0.1, -0.05) is 68.8 Å². The average molecular weight is 893 g/mol. The molecule has 4 fully saturated rings. The SMILES string of the molecule is C.Cc1cccc(OCC2CCC(=O)CC2)c1.Cc1cccc(OCC2CCC(O)CC2)c1.Cc1cccc(OCC2CCCC(O)C2)c1.Cc1cccc(OCC2CCCCC2=O)c1. The fourth-order valence-corrected chi connectivity index (χ4v) is 8.78. The highest BCUT2D eigenvalue weighted by Crippen LogP contribution is 2.28. The number of ether oxygens (including phenoxy) is 4. The summed E-state index contributed by atoms with van der Waals surface area (Å²) < 4.78 is 23.0. The lowest BCUT2D eigenvalue weighted by Crippen LogP contribution is -2.25. The molecule has 0 aromatic heterocycles. The monoisotopic (exact) mass is 893 g/mol. The molecule has 0 spiro atoms. The first kappa shape index (κ1) is 53.0. The van der Waals surface area contributed by atoms with Gasteiger partial charge in [-0.3, -0.25) is 9.59 Å². The van der Waals surface area contributed by atoms with Crippen molar-refractivity contribution in [2.75, 3.05) is 26.4 Å². The molecule has 3 unspecified atom stereocenters. The molecule has 3 atom stereocenters. The molecule has 4 aliphatic rings. The third-order valence-electron chi connectivity index (χ3n) is 12.8. The summed E-state index contributed by atoms with van der Waals surface area (Å²) in [4.78, 5) is 22.7. The van der Waals surface area contributed by atoms with E-state index in [-0.39, 0.29) is 25.6 Å². The van der Waals surface area contributed by atoms with Gasteiger partial charge in [0.25, 0.3) is 0 Å². The van der Waals surface area contributed by atoms with Gasteiger partial charge in [-0.25, -0.2) is 0 Å². The number of aliphatic hydroxyl groups excluding tert-OH is 2. The normalized spacial score (nSPS) is 21.9. The molecule has 4 aliphatic carbocycles. The quantitative estimate of drug-likeness (QED) is 0.145. The van der Waals surface area contributed by atoms with Crippen molar-refractivity contribution in [3.63, 3.8) is 0 Å². The second-order valence-corrected chi connectivity index (χ2v) is 18.8. The van der Waals surface area contributed by atoms with Crippen molar-refractivity contribution in [1.82, 2.24) is 0 Å². The van der Waals surface area contributed by atoms with E-state index in [0.717, 1.165) is 139 Å². The third kappa shape index (κ3) is 21.0. The summed E-state index contributed by atoms with van der Waals surface area (Å²) in [6, 6.07) is 32.4. The van der Waals surface area contributed by atoms with Crippen LogP contribution in [-0.2, 0) is 9.59 Å². The minimum Gasteiger partial charge on any atom is -0.493 e. The minimum absolute atomic E-state index is 0. The molecule has 4 saturated carbocycles. The van der Waals surface area contributed by atoms with Crippen LogP contribution in [0, 0.1) is 51.4 Å². The molecule has 8 rings (SSSR count). The molecule has 0 heterocycles. The highest BCUT2D eigenvalue weighted by atomic mass is 16.5. The molecule has 2 N–H and O–H groups in total. The molecule has 4 aromatic rings. The van der Waals surface area contributed by atoms with Crippen LogP contribution in [0.25, 0.3) is 0 Å². The van der Waals surface area contributed by atoms with Crippen LogP contribution in [-0.4, -0.2) is 60.4 Å². The number of carbonyl (C=O) groups excluding carboxylic acids is 2. The van der Waals surface area contributed by atoms with E-state index in [9.17, 15) is 19.8 Å². The zero-order valence-electron chi connectivity index (χ0n) is 39.2. The standard InChI is InChI=1S/C14H20O2.C14H18O2.C14H20O2.C14H18O2.CH4/c1-11-4-2-7-14(8-11)16-10-12-5-3-6-13(15)9-12;1-11-5-4-7-13(9-11)16-10-12-6-2-3-8-14(12)15;2*1-11-3-2-4-14(9-11)16-10-12-5-7-13(15)8-6-12;/h2,4,7-8,12-13,15H,3,5-6,9-10H2,1H3;4-5,7,9,12H,2-3,6,8,10H2,1H3;2-4,9,12-13,15H,5-8,10H2,1H3;2-4,9,12H,5-8,10H2,1H3;1H4. The number of hydrogen-bond acceptors (Lipinski definition) is 8. The Balaban J connectivity index is 0.000000189. The molecular weight excluding hydrogens is 813 g/mol. The van der Waals surface area contributed by atoms with Crippen LogP contribution < -0.4 is 18.9 Å². The molecule has 0 aliphatic heterocycles. The van der Waals surface area contributed by atoms with Crippen LogP contribution in [0.15, 0.2) is 97.1 Å². The van der Waals surface area contributed by atoms with Gasteiger partial charge in [-0.2, -0.15) is 0 Å². The molecule has 0 radical (unpaired) electrons. The van der Waals surface area contributed by atoms with Crippen molar-refractivity contribution in [3.8, 4) is 23.0 Å². The summed E-state index contributed by atoms with van der Waals surface area (Å²) in [5.41, 5.74) is 4.86. The van der Waals surface area contributed by atoms with Crippen LogP contribution in [0.2, 0.25) is 0 Å². The molecule has 8 nitrogen and oxygen atoms in total. The van der Waals surface area contributed by atoms with Gasteiger partial charge in [0.15, 0.2) is 0 Å². The number of carbonyl (C=O) groups is 2. The Morgan fingerprint density at radius 1 is 0.446 bits per heavy atom. The van der Waals surface area contributed by atoms with Gasteiger partial charge < -0.3 is 29.2 Å². The summed E-state index contributed by atoms with van der Waals surface area (Å²) in [5, 5.41) is 19.0. The van der Waals surface area contributed by atoms with E-state index in [0.29, 0.717) is 35.9 Å². The number of benzene rings is 4. The van der Waals surface area contributed by atoms with Crippen molar-refractivity contribution in [2.45, 2.75) is 150 Å². The second kappa shape index (κ2) is 29.1. The van der Waals surface area contributed by atoms with Gasteiger partial charge in [0, 0.05) is 19.3 Å². The first-order valence-electron chi connectivity index (χ1n) is 24.2. The Labute approximate surface area is 391 Å². The number of rotatable bonds is 12. The lowest BCUT2D eigenvalue weighted by molar-refractivity contribution is -0.125. The molecule has 356 valence electrons. The molecule has 0 amide bonds. The maximum absolute atomic E-state index is 11.6. The second-order valence-electron chi connectivity index (χ2n) is 18.8. The minimum atomic E-state index is -0.111. The molecule has 4 aromatic carbocycles. The molecule has 0 saturated heterocycles. The number of ketones is 2. The average Bonchev–Trinajstić information content (AvgIpc) is 3.29. The molecule has 65 heavy (non-hydrogen) atoms. The molecule has 0 bridgehead atoms. The van der Waals surface area contributed by atoms with Crippen LogP contribution in [0.5, 0.6) is 23.0 Å². The van der Waals surface area contributed by atoms with Gasteiger partial charge in [0.1, 0.15) is 34.6 Å². The van der Waals surface area contributed by atoms with E-state index >= 15 is 0 Å². The van der Waals surface area contributed by atoms with E-state index in [1.54, 1.807) is 0 Å². The van der Waals surface area contributed by atoms with Crippen LogP contribution in [0.3, 0.4) is 0 Å². The van der Waals surface area contributed by atoms with E-state index in [4.69, 9.17) is 18.9 Å². The topological polar surface area (TPSA) is 112 Å². The lowest BCUT2D eigenvalue weighted by Gasteiger charge is -2.25. The van der Waals surface area contributed by atoms with E-state index < -0.39 is 0 Å². The van der Waals surface area contributed by atoms with Crippen molar-refractivity contribution in [2.24, 2.45) is 23.7 Å². The lowest BCUT2D eigenvalue weighted by atomic mass is 9.88. The van der Waals surface area contributed by atoms with Gasteiger partial charge in [0.05, 0.1) is 44.6 Å². The third-order valence-corrected chi connectivity index (χ3v) is 12.8. The fourth-order valence-electron chi connectivity index (χ4n) is 8.78. The number of aryl methyl sites for hydroxylation is 4. The zero-order chi connectivity index (χ0) is 45.5. The first-order chi connectivity index (χ1) is 31.0. The van der Waals surface area contributed by atoms with Gasteiger partial charge in [0.2, 0.25) is 0 Å². The first-order valence-corrected chi connectivity index (χ1v) is 24.2. The predicted molar refractivity (Wildman–Crippen MR) is 263 cm³/mol. The van der Waals surface area contributed by atoms with Gasteiger partial charge >= 0.3 is 0 Å². The van der Waals surface area contributed by atoms with Crippen molar-refractivity contribution >= 4 is 11.6 Å². The van der Waals surface area contributed by atoms with E-state index in [1.165, 1.54) is 28.7 Å². The maximum atomic E-state index is 11.6. The Morgan fingerprint density at radius 2 is 0.877 bits per heavy atom. The van der Waals surface area contributed by atoms with E-state index in [2.05, 4.69) is 51.1 Å². The van der Waals surface area contributed by atoms with Crippen LogP contribution in [0.1, 0.15) is 132 Å². The van der Waals surface area contributed by atoms with E-state index in [1.807, 2.05) is 73.7 Å². The van der Waals surface area contributed by atoms with Crippen LogP contribution in [0.4, 0.5) is 0 Å². The summed E-state index contributed by atoms with van der Waals surface area (Å²) in [6.07, 6.45) is 15.4. The van der Waals surface area contributed by atoms with Gasteiger partial charge in [-0.05, 0) is 187 Å². The molecular formula is C57H80O8. The van der Waals surface area contributed by atoms with Crippen molar-refractivity contribution in [1.29, 1.82) is 0 Å². The fraction of sp³-hybridized carbons (Fsp3) is 0.544. The Hall–Kier alpha value is -4.66. The Kier molecular flexibility index (Phi) is 23.7. The summed E-state index contributed by atoms with van der Waals surface area (Å²) in [6.45, 7) is 11.1. The summed E-state index contributed by atoms with van der Waals surface area (Å²) >= 11 is 0. The number of aliphatic hydroxyl groups is 2. The maximum Gasteiger partial charge on any atom is 0.139 e. The smallest absolute Gasteiger partial charge is 0.139 e.